The van der Waals surface area contributed by atoms with Gasteiger partial charge in [0.2, 0.25) is 0 Å². The van der Waals surface area contributed by atoms with Crippen molar-refractivity contribution in [2.75, 3.05) is 5.75 Å². The molecule has 0 bridgehead atoms. The minimum Gasteiger partial charge on any atom is -0.481 e. The summed E-state index contributed by atoms with van der Waals surface area (Å²) in [7, 11) is -3.24. The van der Waals surface area contributed by atoms with Crippen LogP contribution in [0.2, 0.25) is 0 Å². The van der Waals surface area contributed by atoms with Crippen LogP contribution in [0, 0.1) is 0 Å². The maximum absolute atomic E-state index is 12.1. The number of carbonyl (C=O) groups is 1. The molecular weight excluding hydrogens is 316 g/mol. The largest absolute Gasteiger partial charge is 0.481 e. The number of carboxylic acid groups (broad SMARTS) is 1. The van der Waals surface area contributed by atoms with E-state index >= 15 is 0 Å². The van der Waals surface area contributed by atoms with Crippen LogP contribution in [-0.2, 0) is 21.1 Å². The van der Waals surface area contributed by atoms with Gasteiger partial charge in [-0.2, -0.15) is 0 Å². The van der Waals surface area contributed by atoms with Gasteiger partial charge < -0.3 is 10.2 Å². The standard InChI is InChI=1S/C17H16O5S/c18-15(10-17(19)20)14-4-2-1-3-13(14)12-6-5-11-7-8-23(21,22)16(11)9-12/h1-6,9,15,18H,7-8,10H2,(H,19,20). The number of aliphatic hydroxyl groups excluding tert-OH is 1. The van der Waals surface area contributed by atoms with Gasteiger partial charge in [-0.25, -0.2) is 8.42 Å². The smallest absolute Gasteiger partial charge is 0.306 e. The maximum atomic E-state index is 12.1. The van der Waals surface area contributed by atoms with Crippen molar-refractivity contribution in [1.82, 2.24) is 0 Å². The minimum absolute atomic E-state index is 0.120. The molecule has 2 N–H and O–H groups in total. The molecule has 1 heterocycles. The van der Waals surface area contributed by atoms with E-state index < -0.39 is 28.3 Å². The topological polar surface area (TPSA) is 91.7 Å². The molecule has 0 amide bonds. The highest BCUT2D eigenvalue weighted by molar-refractivity contribution is 7.91. The molecule has 1 aliphatic heterocycles. The Labute approximate surface area is 134 Å². The van der Waals surface area contributed by atoms with Gasteiger partial charge in [0.05, 0.1) is 23.2 Å². The number of fused-ring (bicyclic) bond motifs is 1. The normalized spacial score (nSPS) is 16.7. The molecule has 6 heteroatoms. The first-order valence-corrected chi connectivity index (χ1v) is 8.88. The molecule has 5 nitrogen and oxygen atoms in total. The number of sulfone groups is 1. The molecular formula is C17H16O5S. The van der Waals surface area contributed by atoms with Crippen molar-refractivity contribution in [1.29, 1.82) is 0 Å². The first kappa shape index (κ1) is 15.7. The Balaban J connectivity index is 2.09. The highest BCUT2D eigenvalue weighted by Gasteiger charge is 2.27. The van der Waals surface area contributed by atoms with Crippen molar-refractivity contribution in [3.05, 3.63) is 53.6 Å². The number of hydrogen-bond donors (Lipinski definition) is 2. The molecule has 2 aromatic carbocycles. The molecule has 0 radical (unpaired) electrons. The van der Waals surface area contributed by atoms with Crippen LogP contribution in [0.25, 0.3) is 11.1 Å². The summed E-state index contributed by atoms with van der Waals surface area (Å²) in [5, 5.41) is 19.0. The van der Waals surface area contributed by atoms with Gasteiger partial charge in [0, 0.05) is 0 Å². The average Bonchev–Trinajstić information content (AvgIpc) is 2.82. The fourth-order valence-corrected chi connectivity index (χ4v) is 4.48. The number of aliphatic hydroxyl groups is 1. The molecule has 0 aliphatic carbocycles. The number of rotatable bonds is 4. The minimum atomic E-state index is -3.24. The number of carboxylic acids is 1. The summed E-state index contributed by atoms with van der Waals surface area (Å²) in [5.41, 5.74) is 2.59. The summed E-state index contributed by atoms with van der Waals surface area (Å²) in [4.78, 5) is 11.2. The Morgan fingerprint density at radius 2 is 1.91 bits per heavy atom. The molecule has 23 heavy (non-hydrogen) atoms. The lowest BCUT2D eigenvalue weighted by atomic mass is 9.94. The summed E-state index contributed by atoms with van der Waals surface area (Å²) in [6.45, 7) is 0. The van der Waals surface area contributed by atoms with E-state index in [9.17, 15) is 18.3 Å². The Hall–Kier alpha value is -2.18. The van der Waals surface area contributed by atoms with Crippen LogP contribution in [0.3, 0.4) is 0 Å². The van der Waals surface area contributed by atoms with Gasteiger partial charge >= 0.3 is 5.97 Å². The van der Waals surface area contributed by atoms with E-state index in [4.69, 9.17) is 5.11 Å². The van der Waals surface area contributed by atoms with Gasteiger partial charge in [0.15, 0.2) is 9.84 Å². The van der Waals surface area contributed by atoms with Gasteiger partial charge in [-0.05, 0) is 34.7 Å². The fourth-order valence-electron chi connectivity index (χ4n) is 2.90. The predicted molar refractivity (Wildman–Crippen MR) is 84.8 cm³/mol. The van der Waals surface area contributed by atoms with Crippen molar-refractivity contribution in [3.63, 3.8) is 0 Å². The van der Waals surface area contributed by atoms with Crippen molar-refractivity contribution in [3.8, 4) is 11.1 Å². The predicted octanol–water partition coefficient (Wildman–Crippen LogP) is 2.19. The summed E-state index contributed by atoms with van der Waals surface area (Å²) < 4.78 is 24.1. The Kier molecular flexibility index (Phi) is 3.95. The highest BCUT2D eigenvalue weighted by Crippen LogP contribution is 2.34. The number of hydrogen-bond acceptors (Lipinski definition) is 4. The van der Waals surface area contributed by atoms with E-state index in [-0.39, 0.29) is 5.75 Å². The van der Waals surface area contributed by atoms with E-state index in [2.05, 4.69) is 0 Å². The zero-order valence-corrected chi connectivity index (χ0v) is 13.1. The Morgan fingerprint density at radius 3 is 2.65 bits per heavy atom. The second-order valence-corrected chi connectivity index (χ2v) is 7.67. The van der Waals surface area contributed by atoms with E-state index in [1.54, 1.807) is 36.4 Å². The van der Waals surface area contributed by atoms with Gasteiger partial charge in [-0.3, -0.25) is 4.79 Å². The van der Waals surface area contributed by atoms with Crippen LogP contribution in [0.4, 0.5) is 0 Å². The van der Waals surface area contributed by atoms with Crippen molar-refractivity contribution in [2.24, 2.45) is 0 Å². The second kappa shape index (κ2) is 5.79. The molecule has 3 rings (SSSR count). The quantitative estimate of drug-likeness (QED) is 0.895. The lowest BCUT2D eigenvalue weighted by Crippen LogP contribution is -2.06. The summed E-state index contributed by atoms with van der Waals surface area (Å²) >= 11 is 0. The molecule has 1 unspecified atom stereocenters. The lowest BCUT2D eigenvalue weighted by Gasteiger charge is -2.15. The number of aryl methyl sites for hydroxylation is 1. The second-order valence-electron chi connectivity index (χ2n) is 5.59. The summed E-state index contributed by atoms with van der Waals surface area (Å²) in [5.74, 6) is -0.974. The first-order chi connectivity index (χ1) is 10.9. The van der Waals surface area contributed by atoms with E-state index in [0.717, 1.165) is 5.56 Å². The van der Waals surface area contributed by atoms with Crippen LogP contribution >= 0.6 is 0 Å². The van der Waals surface area contributed by atoms with Crippen LogP contribution < -0.4 is 0 Å². The average molecular weight is 332 g/mol. The van der Waals surface area contributed by atoms with Crippen molar-refractivity contribution < 1.29 is 23.4 Å². The van der Waals surface area contributed by atoms with Gasteiger partial charge in [-0.15, -0.1) is 0 Å². The molecule has 2 aromatic rings. The van der Waals surface area contributed by atoms with Gasteiger partial charge in [0.1, 0.15) is 0 Å². The number of benzene rings is 2. The third kappa shape index (κ3) is 3.00. The number of aliphatic carboxylic acids is 1. The summed E-state index contributed by atoms with van der Waals surface area (Å²) in [6.07, 6.45) is -1.03. The van der Waals surface area contributed by atoms with Crippen LogP contribution in [-0.4, -0.2) is 30.4 Å². The molecule has 0 saturated heterocycles. The highest BCUT2D eigenvalue weighted by atomic mass is 32.2. The third-order valence-electron chi connectivity index (χ3n) is 4.04. The molecule has 1 atom stereocenters. The maximum Gasteiger partial charge on any atom is 0.306 e. The third-order valence-corrected chi connectivity index (χ3v) is 5.83. The zero-order chi connectivity index (χ0) is 16.6. The van der Waals surface area contributed by atoms with E-state index in [1.165, 1.54) is 0 Å². The van der Waals surface area contributed by atoms with Crippen molar-refractivity contribution in [2.45, 2.75) is 23.8 Å². The molecule has 120 valence electrons. The molecule has 0 spiro atoms. The van der Waals surface area contributed by atoms with Crippen molar-refractivity contribution >= 4 is 15.8 Å². The molecule has 0 aromatic heterocycles. The Bertz CT molecular complexity index is 870. The monoisotopic (exact) mass is 332 g/mol. The molecule has 0 saturated carbocycles. The van der Waals surface area contributed by atoms with Crippen LogP contribution in [0.15, 0.2) is 47.4 Å². The molecule has 1 aliphatic rings. The summed E-state index contributed by atoms with van der Waals surface area (Å²) in [6, 6.07) is 12.1. The van der Waals surface area contributed by atoms with E-state index in [0.29, 0.717) is 28.0 Å². The van der Waals surface area contributed by atoms with E-state index in [1.807, 2.05) is 6.07 Å². The van der Waals surface area contributed by atoms with Gasteiger partial charge in [0.25, 0.3) is 0 Å². The molecule has 0 fully saturated rings. The first-order valence-electron chi connectivity index (χ1n) is 7.23. The SMILES string of the molecule is O=C(O)CC(O)c1ccccc1-c1ccc2c(c1)S(=O)(=O)CC2. The van der Waals surface area contributed by atoms with Gasteiger partial charge in [-0.1, -0.05) is 36.4 Å². The van der Waals surface area contributed by atoms with Crippen LogP contribution in [0.1, 0.15) is 23.7 Å². The fraction of sp³-hybridized carbons (Fsp3) is 0.235. The lowest BCUT2D eigenvalue weighted by molar-refractivity contribution is -0.139. The van der Waals surface area contributed by atoms with Crippen LogP contribution in [0.5, 0.6) is 0 Å². The zero-order valence-electron chi connectivity index (χ0n) is 12.3. The Morgan fingerprint density at radius 1 is 1.17 bits per heavy atom.